The van der Waals surface area contributed by atoms with Gasteiger partial charge in [0.25, 0.3) is 0 Å². The van der Waals surface area contributed by atoms with Crippen LogP contribution in [-0.4, -0.2) is 43.5 Å². The van der Waals surface area contributed by atoms with Crippen molar-refractivity contribution in [1.82, 2.24) is 10.2 Å². The van der Waals surface area contributed by atoms with E-state index >= 15 is 0 Å². The molecule has 0 aliphatic carbocycles. The average molecular weight is 296 g/mol. The third kappa shape index (κ3) is 4.47. The molecule has 0 spiro atoms. The number of hydrogen-bond acceptors (Lipinski definition) is 3. The zero-order valence-corrected chi connectivity index (χ0v) is 12.6. The van der Waals surface area contributed by atoms with Crippen LogP contribution in [-0.2, 0) is 4.79 Å². The van der Waals surface area contributed by atoms with E-state index in [-0.39, 0.29) is 5.91 Å². The van der Waals surface area contributed by atoms with Crippen molar-refractivity contribution in [3.8, 4) is 0 Å². The lowest BCUT2D eigenvalue weighted by molar-refractivity contribution is -0.116. The smallest absolute Gasteiger partial charge is 0.225 e. The summed E-state index contributed by atoms with van der Waals surface area (Å²) in [6.45, 7) is 2.91. The summed E-state index contributed by atoms with van der Waals surface area (Å²) in [5, 5.41) is 6.74. The minimum absolute atomic E-state index is 0.0439. The first-order chi connectivity index (χ1) is 9.69. The minimum Gasteiger partial charge on any atom is -0.326 e. The maximum absolute atomic E-state index is 11.9. The summed E-state index contributed by atoms with van der Waals surface area (Å²) >= 11 is 5.90. The van der Waals surface area contributed by atoms with Gasteiger partial charge >= 0.3 is 0 Å². The van der Waals surface area contributed by atoms with Gasteiger partial charge in [0.1, 0.15) is 0 Å². The first kappa shape index (κ1) is 15.3. The number of benzene rings is 1. The number of amides is 1. The molecule has 1 aromatic rings. The molecule has 1 aliphatic heterocycles. The molecular formula is C15H22ClN3O. The van der Waals surface area contributed by atoms with Crippen molar-refractivity contribution in [2.24, 2.45) is 0 Å². The Balaban J connectivity index is 1.77. The molecule has 20 heavy (non-hydrogen) atoms. The Hall–Kier alpha value is -1.10. The second-order valence-electron chi connectivity index (χ2n) is 5.20. The molecule has 0 radical (unpaired) electrons. The van der Waals surface area contributed by atoms with Crippen molar-refractivity contribution in [2.45, 2.75) is 25.3 Å². The van der Waals surface area contributed by atoms with Crippen LogP contribution in [0.15, 0.2) is 24.3 Å². The number of halogens is 1. The van der Waals surface area contributed by atoms with Gasteiger partial charge in [-0.1, -0.05) is 17.7 Å². The number of nitrogens with zero attached hydrogens (tertiary/aromatic N) is 1. The predicted octanol–water partition coefficient (Wildman–Crippen LogP) is 2.35. The van der Waals surface area contributed by atoms with Crippen LogP contribution in [0.1, 0.15) is 19.3 Å². The largest absolute Gasteiger partial charge is 0.326 e. The molecule has 1 heterocycles. The van der Waals surface area contributed by atoms with Gasteiger partial charge in [-0.3, -0.25) is 9.69 Å². The van der Waals surface area contributed by atoms with Crippen LogP contribution in [0.3, 0.4) is 0 Å². The predicted molar refractivity (Wildman–Crippen MR) is 83.2 cm³/mol. The van der Waals surface area contributed by atoms with Crippen molar-refractivity contribution < 1.29 is 4.79 Å². The Bertz CT molecular complexity index is 452. The van der Waals surface area contributed by atoms with E-state index in [1.807, 2.05) is 19.2 Å². The molecule has 1 unspecified atom stereocenters. The monoisotopic (exact) mass is 295 g/mol. The van der Waals surface area contributed by atoms with Crippen LogP contribution >= 0.6 is 11.6 Å². The van der Waals surface area contributed by atoms with Gasteiger partial charge in [0.2, 0.25) is 5.91 Å². The number of rotatable bonds is 6. The highest BCUT2D eigenvalue weighted by Crippen LogP contribution is 2.18. The normalized spacial score (nSPS) is 19.2. The number of carbonyl (C=O) groups excluding carboxylic acids is 1. The summed E-state index contributed by atoms with van der Waals surface area (Å²) in [5.74, 6) is 0.0439. The van der Waals surface area contributed by atoms with Gasteiger partial charge in [-0.25, -0.2) is 0 Å². The Morgan fingerprint density at radius 3 is 3.10 bits per heavy atom. The van der Waals surface area contributed by atoms with E-state index in [9.17, 15) is 4.79 Å². The number of carbonyl (C=O) groups is 1. The topological polar surface area (TPSA) is 44.4 Å². The van der Waals surface area contributed by atoms with Crippen molar-refractivity contribution in [2.75, 3.05) is 32.0 Å². The quantitative estimate of drug-likeness (QED) is 0.847. The summed E-state index contributed by atoms with van der Waals surface area (Å²) in [4.78, 5) is 14.3. The Morgan fingerprint density at radius 2 is 2.35 bits per heavy atom. The van der Waals surface area contributed by atoms with Gasteiger partial charge < -0.3 is 10.6 Å². The standard InChI is InChI=1S/C15H22ClN3O/c1-17-11-14-6-3-8-19(14)9-7-15(20)18-13-5-2-4-12(16)10-13/h2,4-5,10,14,17H,3,6-9,11H2,1H3,(H,18,20). The van der Waals surface area contributed by atoms with E-state index in [0.717, 1.165) is 25.3 Å². The highest BCUT2D eigenvalue weighted by molar-refractivity contribution is 6.30. The van der Waals surface area contributed by atoms with E-state index < -0.39 is 0 Å². The molecular weight excluding hydrogens is 274 g/mol. The average Bonchev–Trinajstić information content (AvgIpc) is 2.84. The minimum atomic E-state index is 0.0439. The van der Waals surface area contributed by atoms with Crippen molar-refractivity contribution in [3.05, 3.63) is 29.3 Å². The zero-order valence-electron chi connectivity index (χ0n) is 11.9. The zero-order chi connectivity index (χ0) is 14.4. The van der Waals surface area contributed by atoms with E-state index in [0.29, 0.717) is 17.5 Å². The molecule has 1 saturated heterocycles. The first-order valence-corrected chi connectivity index (χ1v) is 7.51. The van der Waals surface area contributed by atoms with Crippen LogP contribution < -0.4 is 10.6 Å². The lowest BCUT2D eigenvalue weighted by Gasteiger charge is -2.23. The van der Waals surface area contributed by atoms with Crippen LogP contribution in [0.25, 0.3) is 0 Å². The van der Waals surface area contributed by atoms with Crippen molar-refractivity contribution in [3.63, 3.8) is 0 Å². The van der Waals surface area contributed by atoms with E-state index in [4.69, 9.17) is 11.6 Å². The van der Waals surface area contributed by atoms with E-state index in [2.05, 4.69) is 15.5 Å². The van der Waals surface area contributed by atoms with Gasteiger partial charge in [0.15, 0.2) is 0 Å². The van der Waals surface area contributed by atoms with Crippen LogP contribution in [0.2, 0.25) is 5.02 Å². The Kier molecular flexibility index (Phi) is 5.83. The molecule has 1 aliphatic rings. The third-order valence-electron chi connectivity index (χ3n) is 3.67. The van der Waals surface area contributed by atoms with E-state index in [1.54, 1.807) is 12.1 Å². The summed E-state index contributed by atoms with van der Waals surface area (Å²) in [6, 6.07) is 7.81. The lowest BCUT2D eigenvalue weighted by atomic mass is 10.2. The fourth-order valence-corrected chi connectivity index (χ4v) is 2.88. The second-order valence-corrected chi connectivity index (χ2v) is 5.63. The molecule has 4 nitrogen and oxygen atoms in total. The lowest BCUT2D eigenvalue weighted by Crippen LogP contribution is -2.38. The van der Waals surface area contributed by atoms with Gasteiger partial charge in [-0.2, -0.15) is 0 Å². The molecule has 0 saturated carbocycles. The third-order valence-corrected chi connectivity index (χ3v) is 3.91. The number of hydrogen-bond donors (Lipinski definition) is 2. The molecule has 110 valence electrons. The van der Waals surface area contributed by atoms with Crippen molar-refractivity contribution >= 4 is 23.2 Å². The van der Waals surface area contributed by atoms with Gasteiger partial charge in [-0.05, 0) is 44.6 Å². The van der Waals surface area contributed by atoms with Gasteiger partial charge in [0, 0.05) is 36.3 Å². The molecule has 1 aromatic carbocycles. The number of anilines is 1. The van der Waals surface area contributed by atoms with Crippen LogP contribution in [0.5, 0.6) is 0 Å². The summed E-state index contributed by atoms with van der Waals surface area (Å²) in [7, 11) is 1.97. The molecule has 1 amide bonds. The first-order valence-electron chi connectivity index (χ1n) is 7.13. The molecule has 1 fully saturated rings. The van der Waals surface area contributed by atoms with Gasteiger partial charge in [0.05, 0.1) is 0 Å². The van der Waals surface area contributed by atoms with Gasteiger partial charge in [-0.15, -0.1) is 0 Å². The Morgan fingerprint density at radius 1 is 1.50 bits per heavy atom. The summed E-state index contributed by atoms with van der Waals surface area (Å²) in [6.07, 6.45) is 2.96. The van der Waals surface area contributed by atoms with Crippen LogP contribution in [0.4, 0.5) is 5.69 Å². The fraction of sp³-hybridized carbons (Fsp3) is 0.533. The molecule has 2 N–H and O–H groups in total. The van der Waals surface area contributed by atoms with Crippen molar-refractivity contribution in [1.29, 1.82) is 0 Å². The molecule has 1 atom stereocenters. The maximum atomic E-state index is 11.9. The number of likely N-dealkylation sites (tertiary alicyclic amines) is 1. The number of nitrogens with one attached hydrogen (secondary N) is 2. The summed E-state index contributed by atoms with van der Waals surface area (Å²) in [5.41, 5.74) is 0.760. The van der Waals surface area contributed by atoms with E-state index in [1.165, 1.54) is 12.8 Å². The SMILES string of the molecule is CNCC1CCCN1CCC(=O)Nc1cccc(Cl)c1. The fourth-order valence-electron chi connectivity index (χ4n) is 2.69. The highest BCUT2D eigenvalue weighted by atomic mass is 35.5. The second kappa shape index (κ2) is 7.62. The molecule has 2 rings (SSSR count). The Labute approximate surface area is 125 Å². The highest BCUT2D eigenvalue weighted by Gasteiger charge is 2.23. The maximum Gasteiger partial charge on any atom is 0.225 e. The number of likely N-dealkylation sites (N-methyl/N-ethyl adjacent to an activating group) is 1. The van der Waals surface area contributed by atoms with Crippen LogP contribution in [0, 0.1) is 0 Å². The molecule has 0 aromatic heterocycles. The summed E-state index contributed by atoms with van der Waals surface area (Å²) < 4.78 is 0. The molecule has 0 bridgehead atoms. The molecule has 5 heteroatoms.